The van der Waals surface area contributed by atoms with E-state index in [9.17, 15) is 0 Å². The van der Waals surface area contributed by atoms with Crippen molar-refractivity contribution in [1.82, 2.24) is 15.2 Å². The normalized spacial score (nSPS) is 10.8. The van der Waals surface area contributed by atoms with Crippen molar-refractivity contribution in [2.75, 3.05) is 13.9 Å². The van der Waals surface area contributed by atoms with Crippen LogP contribution in [0.2, 0.25) is 15.2 Å². The molecule has 0 radical (unpaired) electrons. The van der Waals surface area contributed by atoms with Crippen LogP contribution in [0, 0.1) is 6.92 Å². The lowest BCUT2D eigenvalue weighted by molar-refractivity contribution is 0.0511. The maximum atomic E-state index is 6.35. The van der Waals surface area contributed by atoms with E-state index in [1.165, 1.54) is 6.20 Å². The lowest BCUT2D eigenvalue weighted by Crippen LogP contribution is -2.00. The Kier molecular flexibility index (Phi) is 5.94. The molecule has 0 aliphatic rings. The number of aromatic nitrogens is 3. The molecule has 0 fully saturated rings. The third-order valence-electron chi connectivity index (χ3n) is 3.64. The van der Waals surface area contributed by atoms with Gasteiger partial charge in [0, 0.05) is 18.9 Å². The largest absolute Gasteiger partial charge is 0.468 e. The van der Waals surface area contributed by atoms with E-state index in [-0.39, 0.29) is 11.9 Å². The van der Waals surface area contributed by atoms with Crippen LogP contribution in [0.3, 0.4) is 0 Å². The van der Waals surface area contributed by atoms with Crippen LogP contribution in [-0.2, 0) is 4.74 Å². The zero-order valence-electron chi connectivity index (χ0n) is 14.0. The maximum absolute atomic E-state index is 6.35. The summed E-state index contributed by atoms with van der Waals surface area (Å²) in [6, 6.07) is 9.09. The molecule has 0 amide bonds. The first kappa shape index (κ1) is 18.9. The van der Waals surface area contributed by atoms with Crippen molar-refractivity contribution in [2.45, 2.75) is 6.92 Å². The first-order chi connectivity index (χ1) is 12.5. The van der Waals surface area contributed by atoms with Gasteiger partial charge in [-0.25, -0.2) is 0 Å². The number of hydrogen-bond donors (Lipinski definition) is 0. The number of halogens is 3. The van der Waals surface area contributed by atoms with Crippen LogP contribution >= 0.6 is 34.8 Å². The molecular formula is C18H14Cl3N3O2. The van der Waals surface area contributed by atoms with Crippen LogP contribution in [0.4, 0.5) is 0 Å². The summed E-state index contributed by atoms with van der Waals surface area (Å²) >= 11 is 18.7. The third-order valence-corrected chi connectivity index (χ3v) is 4.40. The van der Waals surface area contributed by atoms with Crippen molar-refractivity contribution in [1.29, 1.82) is 0 Å². The van der Waals surface area contributed by atoms with Gasteiger partial charge in [0.2, 0.25) is 0 Å². The lowest BCUT2D eigenvalue weighted by Gasteiger charge is -2.14. The molecule has 0 N–H and O–H groups in total. The molecule has 0 unspecified atom stereocenters. The summed E-state index contributed by atoms with van der Waals surface area (Å²) in [6.45, 7) is 2.03. The average molecular weight is 411 g/mol. The van der Waals surface area contributed by atoms with E-state index in [1.54, 1.807) is 13.2 Å². The predicted octanol–water partition coefficient (Wildman–Crippen LogP) is 5.46. The van der Waals surface area contributed by atoms with Crippen LogP contribution < -0.4 is 4.74 Å². The van der Waals surface area contributed by atoms with Crippen molar-refractivity contribution in [3.63, 3.8) is 0 Å². The van der Waals surface area contributed by atoms with Gasteiger partial charge in [0.25, 0.3) is 0 Å². The number of methoxy groups -OCH3 is 1. The Labute approximate surface area is 165 Å². The number of hydrogen-bond acceptors (Lipinski definition) is 5. The standard InChI is InChI=1S/C18H14Cl3N3O2/c1-10-15(11-3-5-13(6-4-11)26-9-25-2)16(18(21)24-23-10)17-14(20)7-12(19)8-22-17/h3-8H,9H2,1-2H3. The molecule has 1 aromatic carbocycles. The third kappa shape index (κ3) is 3.91. The van der Waals surface area contributed by atoms with E-state index >= 15 is 0 Å². The van der Waals surface area contributed by atoms with Crippen molar-refractivity contribution in [2.24, 2.45) is 0 Å². The monoisotopic (exact) mass is 409 g/mol. The molecule has 0 spiro atoms. The summed E-state index contributed by atoms with van der Waals surface area (Å²) in [5.41, 5.74) is 3.47. The number of aryl methyl sites for hydroxylation is 1. The molecule has 2 aromatic heterocycles. The van der Waals surface area contributed by atoms with Gasteiger partial charge >= 0.3 is 0 Å². The fourth-order valence-corrected chi connectivity index (χ4v) is 3.21. The topological polar surface area (TPSA) is 57.1 Å². The molecule has 3 aromatic rings. The van der Waals surface area contributed by atoms with Gasteiger partial charge in [-0.3, -0.25) is 4.98 Å². The van der Waals surface area contributed by atoms with Crippen LogP contribution in [0.5, 0.6) is 5.75 Å². The highest BCUT2D eigenvalue weighted by molar-refractivity contribution is 6.37. The quantitative estimate of drug-likeness (QED) is 0.523. The van der Waals surface area contributed by atoms with Crippen molar-refractivity contribution in [3.8, 4) is 28.1 Å². The second-order valence-corrected chi connectivity index (χ2v) is 6.59. The summed E-state index contributed by atoms with van der Waals surface area (Å²) in [6.07, 6.45) is 1.51. The van der Waals surface area contributed by atoms with E-state index in [2.05, 4.69) is 15.2 Å². The number of ether oxygens (including phenoxy) is 2. The number of pyridine rings is 1. The van der Waals surface area contributed by atoms with Gasteiger partial charge in [-0.2, -0.15) is 5.10 Å². The highest BCUT2D eigenvalue weighted by Gasteiger charge is 2.20. The SMILES string of the molecule is COCOc1ccc(-c2c(C)nnc(Cl)c2-c2ncc(Cl)cc2Cl)cc1. The molecule has 0 aliphatic heterocycles. The van der Waals surface area contributed by atoms with Crippen molar-refractivity contribution < 1.29 is 9.47 Å². The summed E-state index contributed by atoms with van der Waals surface area (Å²) in [5.74, 6) is 0.686. The van der Waals surface area contributed by atoms with E-state index in [1.807, 2.05) is 31.2 Å². The van der Waals surface area contributed by atoms with Crippen LogP contribution in [0.25, 0.3) is 22.4 Å². The Balaban J connectivity index is 2.14. The second-order valence-electron chi connectivity index (χ2n) is 5.39. The Morgan fingerprint density at radius 3 is 2.38 bits per heavy atom. The summed E-state index contributed by atoms with van der Waals surface area (Å²) in [4.78, 5) is 4.34. The van der Waals surface area contributed by atoms with Crippen LogP contribution in [-0.4, -0.2) is 29.1 Å². The molecule has 134 valence electrons. The number of rotatable bonds is 5. The smallest absolute Gasteiger partial charge is 0.188 e. The minimum Gasteiger partial charge on any atom is -0.468 e. The Hall–Kier alpha value is -1.92. The molecule has 0 saturated heterocycles. The van der Waals surface area contributed by atoms with Crippen molar-refractivity contribution in [3.05, 3.63) is 57.4 Å². The molecule has 8 heteroatoms. The van der Waals surface area contributed by atoms with Gasteiger partial charge in [-0.05, 0) is 30.7 Å². The molecule has 2 heterocycles. The summed E-state index contributed by atoms with van der Waals surface area (Å²) < 4.78 is 10.3. The van der Waals surface area contributed by atoms with E-state index in [0.29, 0.717) is 32.7 Å². The van der Waals surface area contributed by atoms with Gasteiger partial charge in [0.1, 0.15) is 5.75 Å². The fraction of sp³-hybridized carbons (Fsp3) is 0.167. The highest BCUT2D eigenvalue weighted by atomic mass is 35.5. The molecule has 3 rings (SSSR count). The Bertz CT molecular complexity index is 934. The van der Waals surface area contributed by atoms with E-state index in [4.69, 9.17) is 44.3 Å². The minimum absolute atomic E-state index is 0.177. The zero-order valence-corrected chi connectivity index (χ0v) is 16.2. The van der Waals surface area contributed by atoms with Crippen molar-refractivity contribution >= 4 is 34.8 Å². The average Bonchev–Trinajstić information content (AvgIpc) is 2.63. The highest BCUT2D eigenvalue weighted by Crippen LogP contribution is 2.40. The van der Waals surface area contributed by atoms with Gasteiger partial charge in [0.15, 0.2) is 11.9 Å². The first-order valence-electron chi connectivity index (χ1n) is 7.57. The van der Waals surface area contributed by atoms with E-state index < -0.39 is 0 Å². The summed E-state index contributed by atoms with van der Waals surface area (Å²) in [7, 11) is 1.57. The number of nitrogens with zero attached hydrogens (tertiary/aromatic N) is 3. The Morgan fingerprint density at radius 2 is 1.73 bits per heavy atom. The molecule has 5 nitrogen and oxygen atoms in total. The first-order valence-corrected chi connectivity index (χ1v) is 8.71. The lowest BCUT2D eigenvalue weighted by atomic mass is 9.97. The Morgan fingerprint density at radius 1 is 1.00 bits per heavy atom. The molecule has 0 atom stereocenters. The maximum Gasteiger partial charge on any atom is 0.188 e. The molecule has 0 aliphatic carbocycles. The molecule has 26 heavy (non-hydrogen) atoms. The van der Waals surface area contributed by atoms with E-state index in [0.717, 1.165) is 11.1 Å². The zero-order chi connectivity index (χ0) is 18.7. The second kappa shape index (κ2) is 8.18. The van der Waals surface area contributed by atoms with Gasteiger partial charge < -0.3 is 9.47 Å². The molecule has 0 saturated carbocycles. The predicted molar refractivity (Wildman–Crippen MR) is 103 cm³/mol. The van der Waals surface area contributed by atoms with Crippen LogP contribution in [0.1, 0.15) is 5.69 Å². The summed E-state index contributed by atoms with van der Waals surface area (Å²) in [5, 5.41) is 9.17. The van der Waals surface area contributed by atoms with Gasteiger partial charge in [-0.15, -0.1) is 5.10 Å². The van der Waals surface area contributed by atoms with Gasteiger partial charge in [0.05, 0.1) is 27.0 Å². The van der Waals surface area contributed by atoms with Crippen LogP contribution in [0.15, 0.2) is 36.5 Å². The number of benzene rings is 1. The molecule has 0 bridgehead atoms. The molecular weight excluding hydrogens is 397 g/mol. The van der Waals surface area contributed by atoms with Gasteiger partial charge in [-0.1, -0.05) is 46.9 Å². The minimum atomic E-state index is 0.177. The fourth-order valence-electron chi connectivity index (χ4n) is 2.52.